The van der Waals surface area contributed by atoms with Gasteiger partial charge in [-0.3, -0.25) is 0 Å². The van der Waals surface area contributed by atoms with Gasteiger partial charge in [-0.1, -0.05) is 29.3 Å². The molecule has 2 rings (SSSR count). The molecule has 0 atom stereocenters. The molecule has 0 heterocycles. The molecule has 25 heavy (non-hydrogen) atoms. The lowest BCUT2D eigenvalue weighted by atomic mass is 10.2. The molecule has 0 unspecified atom stereocenters. The monoisotopic (exact) mass is 419 g/mol. The number of hydrogen-bond acceptors (Lipinski definition) is 4. The highest BCUT2D eigenvalue weighted by molar-refractivity contribution is 7.98. The highest BCUT2D eigenvalue weighted by Crippen LogP contribution is 2.25. The lowest BCUT2D eigenvalue weighted by Gasteiger charge is -2.10. The van der Waals surface area contributed by atoms with E-state index in [2.05, 4.69) is 4.72 Å². The van der Waals surface area contributed by atoms with E-state index in [1.807, 2.05) is 19.1 Å². The Morgan fingerprint density at radius 2 is 1.88 bits per heavy atom. The fourth-order valence-electron chi connectivity index (χ4n) is 2.17. The first-order valence-electron chi connectivity index (χ1n) is 7.49. The Balaban J connectivity index is 1.84. The van der Waals surface area contributed by atoms with Crippen LogP contribution in [0.4, 0.5) is 0 Å². The molecule has 0 spiro atoms. The third-order valence-corrected chi connectivity index (χ3v) is 6.70. The van der Waals surface area contributed by atoms with Gasteiger partial charge < -0.3 is 4.74 Å². The average Bonchev–Trinajstić information content (AvgIpc) is 2.57. The van der Waals surface area contributed by atoms with Crippen molar-refractivity contribution in [1.29, 1.82) is 0 Å². The first-order valence-corrected chi connectivity index (χ1v) is 10.9. The van der Waals surface area contributed by atoms with Gasteiger partial charge in [0.25, 0.3) is 0 Å². The summed E-state index contributed by atoms with van der Waals surface area (Å²) in [5.41, 5.74) is 1.83. The van der Waals surface area contributed by atoms with Crippen LogP contribution >= 0.6 is 35.0 Å². The maximum Gasteiger partial charge on any atom is 0.240 e. The van der Waals surface area contributed by atoms with Crippen LogP contribution < -0.4 is 9.46 Å². The Morgan fingerprint density at radius 1 is 1.12 bits per heavy atom. The van der Waals surface area contributed by atoms with Crippen molar-refractivity contribution in [1.82, 2.24) is 4.72 Å². The first-order chi connectivity index (χ1) is 11.8. The number of benzene rings is 2. The number of ether oxygens (including phenoxy) is 1. The summed E-state index contributed by atoms with van der Waals surface area (Å²) in [6.07, 6.45) is 0. The molecule has 0 saturated heterocycles. The second-order valence-electron chi connectivity index (χ2n) is 5.33. The minimum atomic E-state index is -3.52. The molecule has 2 aromatic rings. The van der Waals surface area contributed by atoms with Crippen molar-refractivity contribution in [3.05, 3.63) is 57.6 Å². The number of thioether (sulfide) groups is 1. The van der Waals surface area contributed by atoms with Gasteiger partial charge in [-0.15, -0.1) is 0 Å². The van der Waals surface area contributed by atoms with Crippen molar-refractivity contribution >= 4 is 45.0 Å². The summed E-state index contributed by atoms with van der Waals surface area (Å²) in [6.45, 7) is 2.16. The van der Waals surface area contributed by atoms with Crippen molar-refractivity contribution in [2.75, 3.05) is 19.4 Å². The van der Waals surface area contributed by atoms with Gasteiger partial charge in [0.05, 0.1) is 22.1 Å². The standard InChI is InChI=1S/C17H19Cl2NO3S2/c1-12-9-14(4-6-17(12)23-2)25(21,22)20-7-8-24-11-13-3-5-15(18)16(19)10-13/h3-6,9-10,20H,7-8,11H2,1-2H3. The Morgan fingerprint density at radius 3 is 2.52 bits per heavy atom. The molecule has 0 bridgehead atoms. The topological polar surface area (TPSA) is 55.4 Å². The zero-order valence-corrected chi connectivity index (χ0v) is 17.0. The van der Waals surface area contributed by atoms with E-state index in [-0.39, 0.29) is 4.90 Å². The van der Waals surface area contributed by atoms with E-state index in [9.17, 15) is 8.42 Å². The molecular formula is C17H19Cl2NO3S2. The van der Waals surface area contributed by atoms with Crippen molar-refractivity contribution < 1.29 is 13.2 Å². The zero-order valence-electron chi connectivity index (χ0n) is 13.9. The lowest BCUT2D eigenvalue weighted by molar-refractivity contribution is 0.411. The maximum atomic E-state index is 12.3. The molecule has 136 valence electrons. The summed E-state index contributed by atoms with van der Waals surface area (Å²) in [6, 6.07) is 10.3. The molecule has 0 radical (unpaired) electrons. The summed E-state index contributed by atoms with van der Waals surface area (Å²) in [4.78, 5) is 0.236. The number of nitrogens with one attached hydrogen (secondary N) is 1. The smallest absolute Gasteiger partial charge is 0.240 e. The molecule has 4 nitrogen and oxygen atoms in total. The summed E-state index contributed by atoms with van der Waals surface area (Å²) < 4.78 is 32.4. The first kappa shape index (κ1) is 20.4. The summed E-state index contributed by atoms with van der Waals surface area (Å²) in [5.74, 6) is 2.05. The molecule has 0 saturated carbocycles. The molecule has 8 heteroatoms. The Kier molecular flexibility index (Phi) is 7.46. The van der Waals surface area contributed by atoms with Gasteiger partial charge in [-0.25, -0.2) is 13.1 Å². The van der Waals surface area contributed by atoms with Crippen molar-refractivity contribution in [2.45, 2.75) is 17.6 Å². The van der Waals surface area contributed by atoms with Crippen LogP contribution in [0.25, 0.3) is 0 Å². The maximum absolute atomic E-state index is 12.3. The van der Waals surface area contributed by atoms with Crippen LogP contribution in [-0.4, -0.2) is 27.8 Å². The highest BCUT2D eigenvalue weighted by Gasteiger charge is 2.14. The number of rotatable bonds is 8. The van der Waals surface area contributed by atoms with Crippen LogP contribution in [0, 0.1) is 6.92 Å². The quantitative estimate of drug-likeness (QED) is 0.638. The van der Waals surface area contributed by atoms with E-state index >= 15 is 0 Å². The number of halogens is 2. The normalized spacial score (nSPS) is 11.5. The molecule has 0 fully saturated rings. The van der Waals surface area contributed by atoms with Gasteiger partial charge in [0.15, 0.2) is 0 Å². The van der Waals surface area contributed by atoms with Gasteiger partial charge in [0.1, 0.15) is 5.75 Å². The Bertz CT molecular complexity index is 842. The predicted molar refractivity (Wildman–Crippen MR) is 106 cm³/mol. The lowest BCUT2D eigenvalue weighted by Crippen LogP contribution is -2.26. The van der Waals surface area contributed by atoms with Gasteiger partial charge in [-0.05, 0) is 48.4 Å². The molecule has 2 aromatic carbocycles. The third-order valence-electron chi connectivity index (χ3n) is 3.47. The number of sulfonamides is 1. The van der Waals surface area contributed by atoms with Crippen LogP contribution in [0.15, 0.2) is 41.3 Å². The van der Waals surface area contributed by atoms with E-state index in [0.29, 0.717) is 28.1 Å². The van der Waals surface area contributed by atoms with Crippen molar-refractivity contribution in [2.24, 2.45) is 0 Å². The molecular weight excluding hydrogens is 401 g/mol. The highest BCUT2D eigenvalue weighted by atomic mass is 35.5. The van der Waals surface area contributed by atoms with Crippen LogP contribution in [0.5, 0.6) is 5.75 Å². The second kappa shape index (κ2) is 9.14. The number of methoxy groups -OCH3 is 1. The molecule has 0 amide bonds. The van der Waals surface area contributed by atoms with E-state index in [1.54, 1.807) is 37.1 Å². The van der Waals surface area contributed by atoms with E-state index in [1.165, 1.54) is 6.07 Å². The zero-order chi connectivity index (χ0) is 18.4. The SMILES string of the molecule is COc1ccc(S(=O)(=O)NCCSCc2ccc(Cl)c(Cl)c2)cc1C. The number of hydrogen-bond donors (Lipinski definition) is 1. The fraction of sp³-hybridized carbons (Fsp3) is 0.294. The summed E-state index contributed by atoms with van der Waals surface area (Å²) in [7, 11) is -1.97. The van der Waals surface area contributed by atoms with Gasteiger partial charge >= 0.3 is 0 Å². The third kappa shape index (κ3) is 5.79. The average molecular weight is 420 g/mol. The van der Waals surface area contributed by atoms with Crippen molar-refractivity contribution in [3.8, 4) is 5.75 Å². The minimum absolute atomic E-state index is 0.236. The van der Waals surface area contributed by atoms with E-state index in [4.69, 9.17) is 27.9 Å². The largest absolute Gasteiger partial charge is 0.496 e. The molecule has 0 aliphatic rings. The molecule has 0 aromatic heterocycles. The van der Waals surface area contributed by atoms with Crippen LogP contribution in [-0.2, 0) is 15.8 Å². The van der Waals surface area contributed by atoms with Gasteiger partial charge in [0.2, 0.25) is 10.0 Å². The van der Waals surface area contributed by atoms with Crippen LogP contribution in [0.2, 0.25) is 10.0 Å². The Labute approximate surface area is 162 Å². The van der Waals surface area contributed by atoms with Crippen molar-refractivity contribution in [3.63, 3.8) is 0 Å². The molecule has 0 aliphatic carbocycles. The van der Waals surface area contributed by atoms with Gasteiger partial charge in [-0.2, -0.15) is 11.8 Å². The predicted octanol–water partition coefficient (Wildman–Crippen LogP) is 4.52. The fourth-order valence-corrected chi connectivity index (χ4v) is 4.54. The van der Waals surface area contributed by atoms with E-state index in [0.717, 1.165) is 16.9 Å². The van der Waals surface area contributed by atoms with E-state index < -0.39 is 10.0 Å². The van der Waals surface area contributed by atoms with Crippen LogP contribution in [0.1, 0.15) is 11.1 Å². The second-order valence-corrected chi connectivity index (χ2v) is 9.02. The molecule has 1 N–H and O–H groups in total. The van der Waals surface area contributed by atoms with Crippen LogP contribution in [0.3, 0.4) is 0 Å². The summed E-state index contributed by atoms with van der Waals surface area (Å²) >= 11 is 13.5. The Hall–Kier alpha value is -0.920. The van der Waals surface area contributed by atoms with Gasteiger partial charge in [0, 0.05) is 18.1 Å². The summed E-state index contributed by atoms with van der Waals surface area (Å²) in [5, 5.41) is 1.05. The molecule has 0 aliphatic heterocycles. The number of aryl methyl sites for hydroxylation is 1. The minimum Gasteiger partial charge on any atom is -0.496 e.